The largest absolute Gasteiger partial charge is 0.299 e. The number of thioether (sulfide) groups is 1. The molecule has 0 amide bonds. The maximum absolute atomic E-state index is 4.14. The van der Waals surface area contributed by atoms with Crippen molar-refractivity contribution in [1.82, 2.24) is 5.43 Å². The molecule has 1 aliphatic heterocycles. The first-order chi connectivity index (χ1) is 5.47. The predicted molar refractivity (Wildman–Crippen MR) is 48.6 cm³/mol. The van der Waals surface area contributed by atoms with Crippen LogP contribution in [0, 0.1) is 0 Å². The van der Waals surface area contributed by atoms with E-state index in [0.717, 1.165) is 10.9 Å². The zero-order valence-electron chi connectivity index (χ0n) is 5.95. The molecule has 11 heavy (non-hydrogen) atoms. The van der Waals surface area contributed by atoms with Gasteiger partial charge in [0, 0.05) is 5.56 Å². The van der Waals surface area contributed by atoms with Crippen LogP contribution in [0.15, 0.2) is 35.4 Å². The van der Waals surface area contributed by atoms with Crippen molar-refractivity contribution in [2.24, 2.45) is 5.10 Å². The van der Waals surface area contributed by atoms with Gasteiger partial charge < -0.3 is 0 Å². The smallest absolute Gasteiger partial charge is 0.125 e. The average molecular weight is 164 g/mol. The predicted octanol–water partition coefficient (Wildman–Crippen LogP) is 1.64. The lowest BCUT2D eigenvalue weighted by Gasteiger charge is -1.94. The minimum atomic E-state index is 0.893. The molecule has 0 aliphatic carbocycles. The molecule has 1 aromatic carbocycles. The third-order valence-electron chi connectivity index (χ3n) is 1.47. The molecule has 56 valence electrons. The number of nitrogens with one attached hydrogen (secondary N) is 1. The molecule has 0 unspecified atom stereocenters. The van der Waals surface area contributed by atoms with E-state index in [4.69, 9.17) is 0 Å². The van der Waals surface area contributed by atoms with E-state index in [1.165, 1.54) is 5.56 Å². The van der Waals surface area contributed by atoms with Crippen LogP contribution in [-0.4, -0.2) is 10.9 Å². The molecule has 0 radical (unpaired) electrons. The van der Waals surface area contributed by atoms with Crippen molar-refractivity contribution in [3.63, 3.8) is 0 Å². The van der Waals surface area contributed by atoms with E-state index in [0.29, 0.717) is 0 Å². The number of rotatable bonds is 1. The van der Waals surface area contributed by atoms with E-state index in [1.807, 2.05) is 18.2 Å². The molecule has 0 fully saturated rings. The molecule has 0 saturated heterocycles. The molecule has 0 aromatic heterocycles. The molecule has 0 spiro atoms. The van der Waals surface area contributed by atoms with E-state index in [9.17, 15) is 0 Å². The number of hydrazone groups is 1. The Labute approximate surface area is 69.7 Å². The first-order valence-corrected chi connectivity index (χ1v) is 4.44. The highest BCUT2D eigenvalue weighted by Crippen LogP contribution is 2.15. The van der Waals surface area contributed by atoms with Gasteiger partial charge in [0.25, 0.3) is 0 Å². The third kappa shape index (κ3) is 1.38. The van der Waals surface area contributed by atoms with Gasteiger partial charge in [-0.3, -0.25) is 5.43 Å². The van der Waals surface area contributed by atoms with Crippen molar-refractivity contribution in [3.8, 4) is 0 Å². The Bertz CT molecular complexity index is 269. The quantitative estimate of drug-likeness (QED) is 0.682. The van der Waals surface area contributed by atoms with Crippen LogP contribution in [0.2, 0.25) is 0 Å². The molecule has 0 bridgehead atoms. The van der Waals surface area contributed by atoms with Gasteiger partial charge in [-0.25, -0.2) is 0 Å². The molecule has 0 saturated carbocycles. The molecule has 0 atom stereocenters. The summed E-state index contributed by atoms with van der Waals surface area (Å²) < 4.78 is 0. The Hall–Kier alpha value is -0.960. The minimum Gasteiger partial charge on any atom is -0.299 e. The number of benzene rings is 1. The second kappa shape index (κ2) is 2.96. The highest BCUT2D eigenvalue weighted by Gasteiger charge is 2.07. The van der Waals surface area contributed by atoms with Crippen molar-refractivity contribution in [2.45, 2.75) is 0 Å². The van der Waals surface area contributed by atoms with E-state index < -0.39 is 0 Å². The van der Waals surface area contributed by atoms with Gasteiger partial charge in [-0.2, -0.15) is 5.10 Å². The van der Waals surface area contributed by atoms with Crippen LogP contribution in [-0.2, 0) is 0 Å². The van der Waals surface area contributed by atoms with Crippen molar-refractivity contribution in [3.05, 3.63) is 35.9 Å². The summed E-state index contributed by atoms with van der Waals surface area (Å²) in [6, 6.07) is 10.2. The zero-order valence-corrected chi connectivity index (χ0v) is 6.77. The van der Waals surface area contributed by atoms with E-state index in [1.54, 1.807) is 11.8 Å². The molecular formula is C8H8N2S. The van der Waals surface area contributed by atoms with Gasteiger partial charge in [0.2, 0.25) is 0 Å². The summed E-state index contributed by atoms with van der Waals surface area (Å²) in [4.78, 5) is 0. The maximum Gasteiger partial charge on any atom is 0.125 e. The molecular weight excluding hydrogens is 156 g/mol. The van der Waals surface area contributed by atoms with Gasteiger partial charge >= 0.3 is 0 Å². The Morgan fingerprint density at radius 3 is 2.73 bits per heavy atom. The third-order valence-corrected chi connectivity index (χ3v) is 2.35. The van der Waals surface area contributed by atoms with Crippen LogP contribution in [0.25, 0.3) is 0 Å². The van der Waals surface area contributed by atoms with Crippen LogP contribution < -0.4 is 5.43 Å². The van der Waals surface area contributed by atoms with E-state index in [-0.39, 0.29) is 0 Å². The highest BCUT2D eigenvalue weighted by atomic mass is 32.2. The molecule has 3 heteroatoms. The summed E-state index contributed by atoms with van der Waals surface area (Å²) in [5, 5.41) is 5.22. The fourth-order valence-electron chi connectivity index (χ4n) is 0.966. The molecule has 1 heterocycles. The number of hydrogen-bond donors (Lipinski definition) is 1. The normalized spacial score (nSPS) is 15.8. The Kier molecular flexibility index (Phi) is 1.81. The number of hydrogen-bond acceptors (Lipinski definition) is 3. The Morgan fingerprint density at radius 1 is 1.27 bits per heavy atom. The van der Waals surface area contributed by atoms with Gasteiger partial charge in [-0.1, -0.05) is 42.1 Å². The lowest BCUT2D eigenvalue weighted by Crippen LogP contribution is -1.94. The lowest BCUT2D eigenvalue weighted by molar-refractivity contribution is 0.893. The zero-order chi connectivity index (χ0) is 7.52. The standard InChI is InChI=1S/C8H8N2S/c1-2-4-7(5-3-1)8-10-9-6-11-8/h1-5,9H,6H2. The monoisotopic (exact) mass is 164 g/mol. The summed E-state index contributed by atoms with van der Waals surface area (Å²) in [6.07, 6.45) is 0. The van der Waals surface area contributed by atoms with Crippen molar-refractivity contribution >= 4 is 16.8 Å². The van der Waals surface area contributed by atoms with Gasteiger partial charge in [-0.05, 0) is 0 Å². The maximum atomic E-state index is 4.14. The molecule has 1 aliphatic rings. The van der Waals surface area contributed by atoms with Gasteiger partial charge in [0.1, 0.15) is 5.04 Å². The van der Waals surface area contributed by atoms with E-state index >= 15 is 0 Å². The number of nitrogens with zero attached hydrogens (tertiary/aromatic N) is 1. The van der Waals surface area contributed by atoms with Crippen molar-refractivity contribution in [1.29, 1.82) is 0 Å². The second-order valence-corrected chi connectivity index (χ2v) is 3.19. The Morgan fingerprint density at radius 2 is 2.09 bits per heavy atom. The fraction of sp³-hybridized carbons (Fsp3) is 0.125. The summed E-state index contributed by atoms with van der Waals surface area (Å²) in [6.45, 7) is 0. The van der Waals surface area contributed by atoms with Crippen LogP contribution in [0.3, 0.4) is 0 Å². The first-order valence-electron chi connectivity index (χ1n) is 3.45. The van der Waals surface area contributed by atoms with Crippen LogP contribution in [0.5, 0.6) is 0 Å². The first kappa shape index (κ1) is 6.73. The van der Waals surface area contributed by atoms with Crippen LogP contribution in [0.4, 0.5) is 0 Å². The fourth-order valence-corrected chi connectivity index (χ4v) is 1.66. The van der Waals surface area contributed by atoms with Crippen molar-refractivity contribution < 1.29 is 0 Å². The minimum absolute atomic E-state index is 0.893. The Balaban J connectivity index is 2.29. The molecule has 1 N–H and O–H groups in total. The summed E-state index contributed by atoms with van der Waals surface area (Å²) >= 11 is 1.73. The van der Waals surface area contributed by atoms with Crippen LogP contribution >= 0.6 is 11.8 Å². The second-order valence-electron chi connectivity index (χ2n) is 2.23. The molecule has 2 nitrogen and oxygen atoms in total. The summed E-state index contributed by atoms with van der Waals surface area (Å²) in [5.41, 5.74) is 4.12. The van der Waals surface area contributed by atoms with Gasteiger partial charge in [0.05, 0.1) is 5.88 Å². The highest BCUT2D eigenvalue weighted by molar-refractivity contribution is 8.14. The summed E-state index contributed by atoms with van der Waals surface area (Å²) in [7, 11) is 0. The molecule has 2 rings (SSSR count). The lowest BCUT2D eigenvalue weighted by atomic mass is 10.2. The SMILES string of the molecule is c1ccc(C2=NNCS2)cc1. The summed E-state index contributed by atoms with van der Waals surface area (Å²) in [5.74, 6) is 0.893. The van der Waals surface area contributed by atoms with Crippen LogP contribution in [0.1, 0.15) is 5.56 Å². The van der Waals surface area contributed by atoms with Gasteiger partial charge in [-0.15, -0.1) is 0 Å². The van der Waals surface area contributed by atoms with Gasteiger partial charge in [0.15, 0.2) is 0 Å². The average Bonchev–Trinajstić information content (AvgIpc) is 2.58. The van der Waals surface area contributed by atoms with E-state index in [2.05, 4.69) is 22.7 Å². The molecule has 1 aromatic rings. The van der Waals surface area contributed by atoms with Crippen molar-refractivity contribution in [2.75, 3.05) is 5.88 Å². The topological polar surface area (TPSA) is 24.4 Å².